The van der Waals surface area contributed by atoms with E-state index in [0.29, 0.717) is 121 Å². The van der Waals surface area contributed by atoms with E-state index >= 15 is 4.39 Å². The van der Waals surface area contributed by atoms with Crippen molar-refractivity contribution in [2.24, 2.45) is 17.1 Å². The summed E-state index contributed by atoms with van der Waals surface area (Å²) < 4.78 is 51.3. The predicted octanol–water partition coefficient (Wildman–Crippen LogP) is 0.770. The number of carbonyl (C=O) groups excluding carboxylic acids is 12. The highest BCUT2D eigenvalue weighted by Gasteiger charge is 2.44. The molecule has 0 spiro atoms. The molecule has 4 aromatic carbocycles. The molecule has 11 atom stereocenters. The number of tetrazole rings is 1. The van der Waals surface area contributed by atoms with Gasteiger partial charge in [0.05, 0.1) is 110 Å². The third kappa shape index (κ3) is 38.7. The zero-order valence-corrected chi connectivity index (χ0v) is 80.6. The number of imidazole rings is 1. The Labute approximate surface area is 815 Å². The number of hydrogen-bond acceptors (Lipinski definition) is 28. The third-order valence-electron chi connectivity index (χ3n) is 22.8. The van der Waals surface area contributed by atoms with Gasteiger partial charge in [0.25, 0.3) is 0 Å². The number of aliphatic hydroxyl groups is 3. The summed E-state index contributed by atoms with van der Waals surface area (Å²) in [4.78, 5) is 186. The lowest BCUT2D eigenvalue weighted by atomic mass is 9.90. The first kappa shape index (κ1) is 113. The van der Waals surface area contributed by atoms with Gasteiger partial charge in [0, 0.05) is 63.6 Å². The number of aromatic nitrogens is 9. The minimum atomic E-state index is -2.42. The number of nitrogens with two attached hydrogens (primary N) is 1. The van der Waals surface area contributed by atoms with Crippen molar-refractivity contribution in [3.63, 3.8) is 0 Å². The quantitative estimate of drug-likeness (QED) is 0.0142. The number of ether oxygens (including phenoxy) is 6. The molecule has 0 saturated carbocycles. The van der Waals surface area contributed by atoms with Gasteiger partial charge < -0.3 is 118 Å². The van der Waals surface area contributed by atoms with E-state index in [9.17, 15) is 82.8 Å². The van der Waals surface area contributed by atoms with Gasteiger partial charge in [0.1, 0.15) is 77.1 Å². The number of nitrogens with zero attached hydrogens (tertiary/aromatic N) is 7. The van der Waals surface area contributed by atoms with Gasteiger partial charge in [-0.15, -0.1) is 21.2 Å². The number of alkyl carbamates (subject to hydrolysis) is 1. The van der Waals surface area contributed by atoms with Gasteiger partial charge in [-0.1, -0.05) is 114 Å². The average molecular weight is 1970 g/mol. The Hall–Kier alpha value is -13.8. The molecule has 0 saturated heterocycles. The Bertz CT molecular complexity index is 5290. The molecule has 44 nitrogen and oxygen atoms in total. The van der Waals surface area contributed by atoms with Crippen molar-refractivity contribution in [3.8, 4) is 28.7 Å². The monoisotopic (exact) mass is 1970 g/mol. The standard InChI is InChI=1S/C96H132FN21O23/c1-9-66-48-71(140-36-18-17-35-118-54-70(112-117-118)57-139-43-42-138-41-40-137-39-38-136-37-34-101-94(135)141-56-64-20-13-11-10-12-14-21-64)30-31-72(66)67-28-26-63(27-29-67)47-75(86(127)104-74(84(98)125)25-19-22-65-45-59(2)44-60(3)46-65)105-87(128)77(50-81(123)124)106-88(129)78(55-119)107-89(130)82(61(4)120)110-93(134)96(8,51-68-23-15-16-24-73(68)97)111-90(131)83(62(5)121)109-80(122)53-102-85(126)76(49-79-113-115-116-114-79)108-92(133)95(6,7)91(132)100-33-32-69-52-99-58-103-69/h15-16,23-24,26-31,44-46,48,52,54,58,61-62,64,74-78,82-83,119-121H,9-13,17-20,22,25,32-43,47,49-51,53,55-57H2,1-8H3,(H2,98,125)(H,99,103)(H,100,132)(H,101,135)(H,102,126)(H,104,127)(H,105,128)(H,106,129)(H,107,130)(H,108,133)(H,109,122)(H,110,134)(H,111,131)(H,123,124)(H,113,114,115,116)/t61-,62-,64?,74+,75+,76+,77+,78+,82+,83+,96+/m1/s1. The largest absolute Gasteiger partial charge is 0.494 e. The number of halogens is 1. The van der Waals surface area contributed by atoms with Crippen molar-refractivity contribution < 1.29 is 116 Å². The first-order chi connectivity index (χ1) is 67.5. The Balaban J connectivity index is 0.848. The molecule has 1 aliphatic rings. The van der Waals surface area contributed by atoms with Crippen molar-refractivity contribution in [1.29, 1.82) is 0 Å². The number of carboxylic acid groups (broad SMARTS) is 1. The Morgan fingerprint density at radius 1 is 0.638 bits per heavy atom. The van der Waals surface area contributed by atoms with Crippen LogP contribution in [0.2, 0.25) is 0 Å². The van der Waals surface area contributed by atoms with Gasteiger partial charge in [-0.2, -0.15) is 5.21 Å². The zero-order chi connectivity index (χ0) is 102. The maximum Gasteiger partial charge on any atom is 0.407 e. The third-order valence-corrected chi connectivity index (χ3v) is 22.8. The molecule has 12 amide bonds. The molecule has 3 heterocycles. The van der Waals surface area contributed by atoms with Crippen LogP contribution in [0, 0.1) is 42.8 Å². The second kappa shape index (κ2) is 58.3. The topological polar surface area (TPSA) is 630 Å². The van der Waals surface area contributed by atoms with Crippen LogP contribution in [0.1, 0.15) is 156 Å². The van der Waals surface area contributed by atoms with E-state index in [1.54, 1.807) is 35.1 Å². The molecule has 141 heavy (non-hydrogen) atoms. The molecule has 0 aliphatic heterocycles. The van der Waals surface area contributed by atoms with Crippen LogP contribution in [-0.2, 0) is 133 Å². The number of nitrogens with one attached hydrogen (secondary N) is 13. The van der Waals surface area contributed by atoms with E-state index in [1.165, 1.54) is 38.4 Å². The van der Waals surface area contributed by atoms with Crippen molar-refractivity contribution >= 4 is 77.0 Å². The summed E-state index contributed by atoms with van der Waals surface area (Å²) in [6.45, 7) is 13.9. The molecule has 1 unspecified atom stereocenters. The van der Waals surface area contributed by atoms with Crippen LogP contribution < -0.4 is 69.0 Å². The molecule has 1 aliphatic carbocycles. The molecular weight excluding hydrogens is 1830 g/mol. The number of H-pyrrole nitrogens is 2. The maximum absolute atomic E-state index is 15.6. The number of unbranched alkanes of at least 4 members (excludes halogenated alkanes) is 1. The Morgan fingerprint density at radius 2 is 1.30 bits per heavy atom. The van der Waals surface area contributed by atoms with Crippen LogP contribution >= 0.6 is 0 Å². The maximum atomic E-state index is 15.6. The first-order valence-electron chi connectivity index (χ1n) is 46.9. The fraction of sp³-hybridized carbons (Fsp3) is 0.531. The van der Waals surface area contributed by atoms with E-state index in [4.69, 9.17) is 34.2 Å². The van der Waals surface area contributed by atoms with Crippen LogP contribution in [0.5, 0.6) is 5.75 Å². The van der Waals surface area contributed by atoms with Gasteiger partial charge >= 0.3 is 12.1 Å². The van der Waals surface area contributed by atoms with Gasteiger partial charge in [0.15, 0.2) is 5.82 Å². The number of primary amides is 1. The number of aromatic amines is 2. The minimum absolute atomic E-state index is 0.0566. The SMILES string of the molecule is CCc1cc(OCCCCn2cc(COCCOCCOCCOCCNC(=O)OCC3C#CCCCCC3)nn2)ccc1-c1ccc(C[C@H](NC(=O)[C@H](CC(=O)O)NC(=O)[C@H](CO)NC(=O)[C@@H](NC(=O)[C@](C)(Cc2ccccc2F)NC(=O)[C@@H](NC(=O)CNC(=O)[C@H](Cc2nn[nH]n2)NC(=O)C(C)(C)C(=O)NCCc2cnc[nH]2)[C@@H](C)O)[C@@H](C)O)C(=O)N[C@@H](CCCc2cc(C)cc(C)c2)C(N)=O)cc1. The molecule has 8 rings (SSSR count). The van der Waals surface area contributed by atoms with E-state index < -0.39 is 181 Å². The summed E-state index contributed by atoms with van der Waals surface area (Å²) in [6, 6.07) is 10.9. The van der Waals surface area contributed by atoms with Gasteiger partial charge in [-0.3, -0.25) is 62.2 Å². The van der Waals surface area contributed by atoms with Crippen molar-refractivity contribution in [2.75, 3.05) is 85.7 Å². The van der Waals surface area contributed by atoms with E-state index in [1.807, 2.05) is 63.4 Å². The summed E-state index contributed by atoms with van der Waals surface area (Å²) in [5.41, 5.74) is 8.87. The first-order valence-corrected chi connectivity index (χ1v) is 46.9. The summed E-state index contributed by atoms with van der Waals surface area (Å²) in [6.07, 6.45) is 6.50. The lowest BCUT2D eigenvalue weighted by Gasteiger charge is -2.34. The second-order valence-corrected chi connectivity index (χ2v) is 35.0. The lowest BCUT2D eigenvalue weighted by molar-refractivity contribution is -0.143. The summed E-state index contributed by atoms with van der Waals surface area (Å²) in [5, 5.41) is 91.4. The fourth-order valence-corrected chi connectivity index (χ4v) is 15.0. The van der Waals surface area contributed by atoms with Crippen LogP contribution in [0.25, 0.3) is 11.1 Å². The Morgan fingerprint density at radius 3 is 1.97 bits per heavy atom. The van der Waals surface area contributed by atoms with Gasteiger partial charge in [-0.25, -0.2) is 14.2 Å². The second-order valence-electron chi connectivity index (χ2n) is 35.0. The summed E-state index contributed by atoms with van der Waals surface area (Å²) in [7, 11) is 0. The molecule has 0 fully saturated rings. The van der Waals surface area contributed by atoms with Gasteiger partial charge in [0.2, 0.25) is 65.0 Å². The molecule has 766 valence electrons. The highest BCUT2D eigenvalue weighted by atomic mass is 19.1. The number of rotatable bonds is 62. The lowest BCUT2D eigenvalue weighted by Crippen LogP contribution is -2.67. The summed E-state index contributed by atoms with van der Waals surface area (Å²) >= 11 is 0. The number of aryl methyl sites for hydroxylation is 5. The van der Waals surface area contributed by atoms with E-state index in [0.717, 1.165) is 98.7 Å². The van der Waals surface area contributed by atoms with Crippen molar-refractivity contribution in [3.05, 3.63) is 160 Å². The number of carbonyl (C=O) groups is 13. The molecule has 45 heteroatoms. The number of hydrogen-bond donors (Lipinski definition) is 18. The van der Waals surface area contributed by atoms with Gasteiger partial charge in [-0.05, 0) is 151 Å². The molecule has 0 radical (unpaired) electrons. The predicted molar refractivity (Wildman–Crippen MR) is 506 cm³/mol. The number of aliphatic hydroxyl groups excluding tert-OH is 3. The smallest absolute Gasteiger partial charge is 0.407 e. The molecule has 3 aromatic heterocycles. The molecular formula is C96H132FN21O23. The molecule has 0 bridgehead atoms. The zero-order valence-electron chi connectivity index (χ0n) is 80.6. The normalized spacial score (nSPS) is 14.8. The number of aliphatic carboxylic acids is 1. The molecule has 19 N–H and O–H groups in total. The van der Waals surface area contributed by atoms with Crippen LogP contribution in [0.15, 0.2) is 104 Å². The highest BCUT2D eigenvalue weighted by molar-refractivity contribution is 6.06. The fourth-order valence-electron chi connectivity index (χ4n) is 15.0. The van der Waals surface area contributed by atoms with Crippen LogP contribution in [0.4, 0.5) is 9.18 Å². The minimum Gasteiger partial charge on any atom is -0.494 e. The van der Waals surface area contributed by atoms with E-state index in [-0.39, 0.29) is 49.9 Å². The summed E-state index contributed by atoms with van der Waals surface area (Å²) in [5.74, 6) is -7.95. The van der Waals surface area contributed by atoms with E-state index in [2.05, 4.69) is 111 Å². The Kier molecular flexibility index (Phi) is 46.5. The average Bonchev–Trinajstić information content (AvgIpc) is 1.19. The number of benzene rings is 4. The van der Waals surface area contributed by atoms with Crippen molar-refractivity contribution in [2.45, 2.75) is 231 Å². The number of amides is 12. The van der Waals surface area contributed by atoms with Crippen LogP contribution in [0.3, 0.4) is 0 Å². The molecule has 7 aromatic rings. The highest BCUT2D eigenvalue weighted by Crippen LogP contribution is 2.30. The van der Waals surface area contributed by atoms with Crippen LogP contribution in [-0.4, -0.2) is 289 Å². The van der Waals surface area contributed by atoms with Crippen molar-refractivity contribution in [1.82, 2.24) is 104 Å². The number of carboxylic acids is 1.